The van der Waals surface area contributed by atoms with E-state index in [4.69, 9.17) is 4.74 Å². The Bertz CT molecular complexity index is 298. The van der Waals surface area contributed by atoms with Gasteiger partial charge in [0.25, 0.3) is 0 Å². The molecule has 4 heteroatoms. The fourth-order valence-corrected chi connectivity index (χ4v) is 2.51. The van der Waals surface area contributed by atoms with E-state index in [-0.39, 0.29) is 5.54 Å². The second-order valence-corrected chi connectivity index (χ2v) is 5.90. The number of nitrogens with one attached hydrogen (secondary N) is 1. The van der Waals surface area contributed by atoms with E-state index in [0.29, 0.717) is 12.1 Å². The molecule has 0 amide bonds. The van der Waals surface area contributed by atoms with Crippen LogP contribution in [-0.2, 0) is 4.74 Å². The molecule has 1 fully saturated rings. The van der Waals surface area contributed by atoms with Crippen LogP contribution in [0, 0.1) is 11.3 Å². The van der Waals surface area contributed by atoms with Crippen LogP contribution in [0.5, 0.6) is 0 Å². The van der Waals surface area contributed by atoms with Crippen molar-refractivity contribution in [1.29, 1.82) is 5.26 Å². The van der Waals surface area contributed by atoms with Crippen LogP contribution < -0.4 is 5.32 Å². The third kappa shape index (κ3) is 5.90. The molecule has 1 N–H and O–H groups in total. The van der Waals surface area contributed by atoms with Crippen LogP contribution in [-0.4, -0.2) is 49.3 Å². The number of hydrogen-bond acceptors (Lipinski definition) is 4. The first kappa shape index (κ1) is 16.4. The monoisotopic (exact) mass is 267 g/mol. The molecule has 0 aromatic rings. The molecule has 0 aromatic heterocycles. The highest BCUT2D eigenvalue weighted by Gasteiger charge is 2.32. The van der Waals surface area contributed by atoms with Gasteiger partial charge < -0.3 is 4.74 Å². The van der Waals surface area contributed by atoms with Gasteiger partial charge in [-0.25, -0.2) is 0 Å². The van der Waals surface area contributed by atoms with E-state index in [9.17, 15) is 5.26 Å². The Morgan fingerprint density at radius 1 is 1.53 bits per heavy atom. The van der Waals surface area contributed by atoms with E-state index in [2.05, 4.69) is 30.1 Å². The summed E-state index contributed by atoms with van der Waals surface area (Å²) in [6.07, 6.45) is 4.41. The lowest BCUT2D eigenvalue weighted by molar-refractivity contribution is 0.100. The number of nitriles is 1. The summed E-state index contributed by atoms with van der Waals surface area (Å²) >= 11 is 0. The molecule has 0 bridgehead atoms. The Hall–Kier alpha value is -0.630. The van der Waals surface area contributed by atoms with Crippen LogP contribution in [0.3, 0.4) is 0 Å². The predicted octanol–water partition coefficient (Wildman–Crippen LogP) is 2.16. The molecule has 0 saturated heterocycles. The lowest BCUT2D eigenvalue weighted by Crippen LogP contribution is -2.43. The minimum absolute atomic E-state index is 0.356. The van der Waals surface area contributed by atoms with Gasteiger partial charge in [0.15, 0.2) is 0 Å². The van der Waals surface area contributed by atoms with Gasteiger partial charge in [-0.15, -0.1) is 0 Å². The smallest absolute Gasteiger partial charge is 0.104 e. The normalized spacial score (nSPS) is 20.0. The summed E-state index contributed by atoms with van der Waals surface area (Å²) < 4.78 is 5.21. The van der Waals surface area contributed by atoms with Gasteiger partial charge in [-0.2, -0.15) is 5.26 Å². The van der Waals surface area contributed by atoms with Crippen molar-refractivity contribution in [1.82, 2.24) is 10.2 Å². The van der Waals surface area contributed by atoms with Crippen LogP contribution in [0.2, 0.25) is 0 Å². The first-order valence-electron chi connectivity index (χ1n) is 7.46. The molecule has 0 spiro atoms. The molecule has 0 heterocycles. The average Bonchev–Trinajstić information content (AvgIpc) is 3.18. The van der Waals surface area contributed by atoms with Crippen molar-refractivity contribution < 1.29 is 4.74 Å². The fourth-order valence-electron chi connectivity index (χ4n) is 2.51. The third-order valence-electron chi connectivity index (χ3n) is 3.91. The van der Waals surface area contributed by atoms with Crippen molar-refractivity contribution in [2.24, 2.45) is 0 Å². The lowest BCUT2D eigenvalue weighted by atomic mass is 9.97. The summed E-state index contributed by atoms with van der Waals surface area (Å²) in [6, 6.07) is 3.47. The average molecular weight is 267 g/mol. The van der Waals surface area contributed by atoms with E-state index in [1.54, 1.807) is 7.11 Å². The Balaban J connectivity index is 2.31. The van der Waals surface area contributed by atoms with Crippen molar-refractivity contribution in [3.63, 3.8) is 0 Å². The van der Waals surface area contributed by atoms with Gasteiger partial charge in [-0.3, -0.25) is 10.2 Å². The quantitative estimate of drug-likeness (QED) is 0.659. The fraction of sp³-hybridized carbons (Fsp3) is 0.933. The van der Waals surface area contributed by atoms with Crippen molar-refractivity contribution in [2.75, 3.05) is 26.8 Å². The predicted molar refractivity (Wildman–Crippen MR) is 78.0 cm³/mol. The van der Waals surface area contributed by atoms with Crippen molar-refractivity contribution in [2.45, 2.75) is 64.1 Å². The molecular weight excluding hydrogens is 238 g/mol. The summed E-state index contributed by atoms with van der Waals surface area (Å²) in [7, 11) is 1.75. The Labute approximate surface area is 118 Å². The third-order valence-corrected chi connectivity index (χ3v) is 3.91. The van der Waals surface area contributed by atoms with E-state index in [1.807, 2.05) is 6.92 Å². The van der Waals surface area contributed by atoms with Crippen LogP contribution in [0.4, 0.5) is 0 Å². The Morgan fingerprint density at radius 3 is 2.68 bits per heavy atom. The highest BCUT2D eigenvalue weighted by molar-refractivity contribution is 5.07. The van der Waals surface area contributed by atoms with Crippen LogP contribution >= 0.6 is 0 Å². The minimum atomic E-state index is -0.356. The van der Waals surface area contributed by atoms with Crippen molar-refractivity contribution in [3.8, 4) is 6.07 Å². The van der Waals surface area contributed by atoms with Crippen LogP contribution in [0.15, 0.2) is 0 Å². The Morgan fingerprint density at radius 2 is 2.21 bits per heavy atom. The second-order valence-electron chi connectivity index (χ2n) is 5.90. The van der Waals surface area contributed by atoms with E-state index in [0.717, 1.165) is 32.5 Å². The minimum Gasteiger partial charge on any atom is -0.383 e. The number of hydrogen-bond donors (Lipinski definition) is 1. The van der Waals surface area contributed by atoms with Gasteiger partial charge in [0, 0.05) is 19.2 Å². The van der Waals surface area contributed by atoms with Gasteiger partial charge in [0.05, 0.1) is 12.7 Å². The molecule has 2 unspecified atom stereocenters. The van der Waals surface area contributed by atoms with Gasteiger partial charge >= 0.3 is 0 Å². The number of likely N-dealkylation sites (N-methyl/N-ethyl adjacent to an activating group) is 1. The van der Waals surface area contributed by atoms with Gasteiger partial charge in [-0.05, 0) is 52.6 Å². The molecule has 1 aliphatic rings. The highest BCUT2D eigenvalue weighted by atomic mass is 16.5. The maximum Gasteiger partial charge on any atom is 0.104 e. The standard InChI is InChI=1S/C15H29N3O/c1-5-18(13(2)11-19-4)10-6-9-15(3,12-16)17-14-7-8-14/h13-14,17H,5-11H2,1-4H3. The first-order chi connectivity index (χ1) is 9.04. The summed E-state index contributed by atoms with van der Waals surface area (Å²) in [4.78, 5) is 2.42. The molecule has 19 heavy (non-hydrogen) atoms. The van der Waals surface area contributed by atoms with Gasteiger partial charge in [0.2, 0.25) is 0 Å². The zero-order valence-electron chi connectivity index (χ0n) is 12.9. The van der Waals surface area contributed by atoms with Gasteiger partial charge in [0.1, 0.15) is 5.54 Å². The molecule has 0 aliphatic heterocycles. The topological polar surface area (TPSA) is 48.3 Å². The maximum atomic E-state index is 9.33. The second kappa shape index (κ2) is 7.84. The molecule has 1 aliphatic carbocycles. The Kier molecular flexibility index (Phi) is 6.78. The van der Waals surface area contributed by atoms with Crippen LogP contribution in [0.25, 0.3) is 0 Å². The largest absolute Gasteiger partial charge is 0.383 e. The first-order valence-corrected chi connectivity index (χ1v) is 7.46. The van der Waals surface area contributed by atoms with Crippen LogP contribution in [0.1, 0.15) is 46.5 Å². The molecule has 2 atom stereocenters. The summed E-state index contributed by atoms with van der Waals surface area (Å²) in [6.45, 7) is 9.23. The lowest BCUT2D eigenvalue weighted by Gasteiger charge is -2.29. The number of methoxy groups -OCH3 is 1. The van der Waals surface area contributed by atoms with E-state index >= 15 is 0 Å². The summed E-state index contributed by atoms with van der Waals surface area (Å²) in [5.41, 5.74) is -0.356. The zero-order chi connectivity index (χ0) is 14.3. The van der Waals surface area contributed by atoms with Gasteiger partial charge in [-0.1, -0.05) is 6.92 Å². The number of ether oxygens (including phenoxy) is 1. The summed E-state index contributed by atoms with van der Waals surface area (Å²) in [5.74, 6) is 0. The molecule has 0 aromatic carbocycles. The molecular formula is C15H29N3O. The summed E-state index contributed by atoms with van der Waals surface area (Å²) in [5, 5.41) is 12.8. The molecule has 110 valence electrons. The van der Waals surface area contributed by atoms with Crippen molar-refractivity contribution in [3.05, 3.63) is 0 Å². The van der Waals surface area contributed by atoms with E-state index < -0.39 is 0 Å². The van der Waals surface area contributed by atoms with E-state index in [1.165, 1.54) is 12.8 Å². The molecule has 4 nitrogen and oxygen atoms in total. The van der Waals surface area contributed by atoms with Crippen molar-refractivity contribution >= 4 is 0 Å². The zero-order valence-corrected chi connectivity index (χ0v) is 12.9. The molecule has 0 radical (unpaired) electrons. The number of rotatable bonds is 10. The number of nitrogens with zero attached hydrogens (tertiary/aromatic N) is 2. The SMILES string of the molecule is CCN(CCCC(C)(C#N)NC1CC1)C(C)COC. The molecule has 1 rings (SSSR count). The maximum absolute atomic E-state index is 9.33. The highest BCUT2D eigenvalue weighted by Crippen LogP contribution is 2.24. The molecule has 1 saturated carbocycles.